The number of ether oxygens (including phenoxy) is 1. The van der Waals surface area contributed by atoms with E-state index in [1.165, 1.54) is 27.6 Å². The molecule has 41 heavy (non-hydrogen) atoms. The van der Waals surface area contributed by atoms with Gasteiger partial charge in [-0.05, 0) is 92.4 Å². The number of benzene rings is 2. The van der Waals surface area contributed by atoms with Crippen LogP contribution in [0.4, 0.5) is 0 Å². The highest BCUT2D eigenvalue weighted by Crippen LogP contribution is 2.80. The Balaban J connectivity index is 1.17. The van der Waals surface area contributed by atoms with Crippen molar-refractivity contribution >= 4 is 16.8 Å². The first kappa shape index (κ1) is 26.6. The number of nitrogens with zero attached hydrogens (tertiary/aromatic N) is 4. The van der Waals surface area contributed by atoms with Crippen LogP contribution in [-0.4, -0.2) is 72.0 Å². The Bertz CT molecular complexity index is 1510. The summed E-state index contributed by atoms with van der Waals surface area (Å²) >= 11 is 0. The molecule has 4 fully saturated rings. The average molecular weight is 552 g/mol. The van der Waals surface area contributed by atoms with Crippen LogP contribution in [0.25, 0.3) is 10.9 Å². The van der Waals surface area contributed by atoms with Gasteiger partial charge in [0.1, 0.15) is 5.75 Å². The Labute approximate surface area is 243 Å². The number of methoxy groups -OCH3 is 1. The highest BCUT2D eigenvalue weighted by Gasteiger charge is 2.75. The molecule has 2 aromatic carbocycles. The summed E-state index contributed by atoms with van der Waals surface area (Å²) in [6.45, 7) is 10.6. The number of aromatic amines is 1. The number of aryl methyl sites for hydroxylation is 1. The number of likely N-dealkylation sites (tertiary alicyclic amines) is 1. The predicted octanol–water partition coefficient (Wildman–Crippen LogP) is 5.52. The third-order valence-electron chi connectivity index (χ3n) is 11.0. The Morgan fingerprint density at radius 1 is 1.12 bits per heavy atom. The minimum Gasteiger partial charge on any atom is -0.496 e. The molecule has 1 amide bonds. The molecule has 1 spiro atoms. The first-order chi connectivity index (χ1) is 19.9. The summed E-state index contributed by atoms with van der Waals surface area (Å²) in [4.78, 5) is 23.7. The number of hydrogen-bond donors (Lipinski definition) is 1. The van der Waals surface area contributed by atoms with Gasteiger partial charge in [-0.15, -0.1) is 0 Å². The van der Waals surface area contributed by atoms with Crippen molar-refractivity contribution in [3.8, 4) is 11.8 Å². The monoisotopic (exact) mass is 551 g/mol. The van der Waals surface area contributed by atoms with Crippen LogP contribution < -0.4 is 4.74 Å². The fraction of sp³-hybridized carbons (Fsp3) is 0.529. The molecule has 2 aliphatic carbocycles. The molecule has 2 saturated heterocycles. The maximum absolute atomic E-state index is 13.3. The van der Waals surface area contributed by atoms with E-state index >= 15 is 0 Å². The number of carbonyl (C=O) groups is 1. The fourth-order valence-electron chi connectivity index (χ4n) is 8.50. The summed E-state index contributed by atoms with van der Waals surface area (Å²) in [6.07, 6.45) is 6.34. The zero-order valence-electron chi connectivity index (χ0n) is 24.6. The quantitative estimate of drug-likeness (QED) is 0.437. The molecule has 2 saturated carbocycles. The molecule has 4 atom stereocenters. The van der Waals surface area contributed by atoms with Crippen molar-refractivity contribution in [1.29, 1.82) is 5.26 Å². The highest BCUT2D eigenvalue weighted by atomic mass is 16.5. The van der Waals surface area contributed by atoms with Crippen molar-refractivity contribution in [3.63, 3.8) is 0 Å². The van der Waals surface area contributed by atoms with Gasteiger partial charge in [-0.3, -0.25) is 9.69 Å². The van der Waals surface area contributed by atoms with E-state index in [1.54, 1.807) is 7.11 Å². The second-order valence-corrected chi connectivity index (χ2v) is 13.0. The van der Waals surface area contributed by atoms with E-state index in [2.05, 4.69) is 59.0 Å². The number of nitrogens with one attached hydrogen (secondary N) is 1. The predicted molar refractivity (Wildman–Crippen MR) is 160 cm³/mol. The van der Waals surface area contributed by atoms with E-state index in [-0.39, 0.29) is 22.8 Å². The lowest BCUT2D eigenvalue weighted by molar-refractivity contribution is -0.0367. The normalized spacial score (nSPS) is 29.7. The molecule has 1 N–H and O–H groups in total. The van der Waals surface area contributed by atoms with Crippen LogP contribution >= 0.6 is 0 Å². The molecule has 3 aromatic rings. The SMILES string of the molecule is CCN1CCN(C(=O)c2ccc([C@@H]3C[C@@]4(CCN3Cc3c(OC)cc(C)c5[nH]ccc35)C[C@]3(C#N)CC34)cc2)CC1. The number of nitriles is 1. The second kappa shape index (κ2) is 9.89. The average Bonchev–Trinajstić information content (AvgIpc) is 3.37. The summed E-state index contributed by atoms with van der Waals surface area (Å²) in [5.74, 6) is 1.63. The van der Waals surface area contributed by atoms with Crippen LogP contribution in [0.3, 0.4) is 0 Å². The van der Waals surface area contributed by atoms with Crippen molar-refractivity contribution < 1.29 is 9.53 Å². The zero-order valence-corrected chi connectivity index (χ0v) is 24.6. The van der Waals surface area contributed by atoms with E-state index in [0.29, 0.717) is 5.92 Å². The van der Waals surface area contributed by atoms with Crippen LogP contribution in [0.15, 0.2) is 42.6 Å². The summed E-state index contributed by atoms with van der Waals surface area (Å²) in [7, 11) is 1.76. The van der Waals surface area contributed by atoms with Gasteiger partial charge < -0.3 is 19.5 Å². The molecule has 1 aromatic heterocycles. The van der Waals surface area contributed by atoms with Crippen molar-refractivity contribution in [3.05, 3.63) is 64.8 Å². The molecular formula is C34H41N5O2. The third-order valence-corrected chi connectivity index (χ3v) is 11.0. The van der Waals surface area contributed by atoms with Crippen molar-refractivity contribution in [2.45, 2.75) is 52.1 Å². The van der Waals surface area contributed by atoms with Crippen LogP contribution in [0.2, 0.25) is 0 Å². The van der Waals surface area contributed by atoms with Gasteiger partial charge >= 0.3 is 0 Å². The fourth-order valence-corrected chi connectivity index (χ4v) is 8.50. The molecule has 4 aliphatic rings. The lowest BCUT2D eigenvalue weighted by atomic mass is 9.56. The van der Waals surface area contributed by atoms with Gasteiger partial charge in [0.05, 0.1) is 18.6 Å². The Hall–Kier alpha value is -3.34. The number of piperidine rings is 1. The van der Waals surface area contributed by atoms with Crippen molar-refractivity contribution in [2.75, 3.05) is 46.4 Å². The van der Waals surface area contributed by atoms with E-state index in [9.17, 15) is 10.1 Å². The number of piperazine rings is 1. The Morgan fingerprint density at radius 3 is 2.56 bits per heavy atom. The van der Waals surface area contributed by atoms with E-state index in [4.69, 9.17) is 4.74 Å². The standard InChI is InChI=1S/C34H41N5O2/c1-4-37-13-15-38(16-14-37)32(40)25-7-5-24(6-8-25)28-18-33(21-34(22-35)19-30(33)34)10-12-39(28)20-27-26-9-11-36-31(26)23(2)17-29(27)41-3/h5-9,11,17,28,30,36H,4,10,12-16,18-21H2,1-3H3/t28-,30?,33-,34-/m0/s1. The highest BCUT2D eigenvalue weighted by molar-refractivity contribution is 5.94. The molecule has 0 radical (unpaired) electrons. The number of rotatable bonds is 6. The van der Waals surface area contributed by atoms with Gasteiger partial charge in [-0.2, -0.15) is 5.26 Å². The minimum absolute atomic E-state index is 0.0394. The van der Waals surface area contributed by atoms with Crippen LogP contribution in [0, 0.1) is 35.0 Å². The molecule has 7 rings (SSSR count). The lowest BCUT2D eigenvalue weighted by Gasteiger charge is -2.53. The molecule has 0 bridgehead atoms. The van der Waals surface area contributed by atoms with E-state index in [1.807, 2.05) is 23.2 Å². The number of amides is 1. The molecule has 3 heterocycles. The molecule has 7 nitrogen and oxygen atoms in total. The van der Waals surface area contributed by atoms with Gasteiger partial charge in [0.25, 0.3) is 5.91 Å². The van der Waals surface area contributed by atoms with Gasteiger partial charge in [0.2, 0.25) is 0 Å². The lowest BCUT2D eigenvalue weighted by Crippen LogP contribution is -2.49. The van der Waals surface area contributed by atoms with Crippen LogP contribution in [0.1, 0.15) is 65.7 Å². The number of fused-ring (bicyclic) bond motifs is 3. The molecule has 7 heteroatoms. The molecule has 1 unspecified atom stereocenters. The first-order valence-electron chi connectivity index (χ1n) is 15.3. The summed E-state index contributed by atoms with van der Waals surface area (Å²) < 4.78 is 5.90. The Morgan fingerprint density at radius 2 is 1.90 bits per heavy atom. The van der Waals surface area contributed by atoms with Gasteiger partial charge in [0.15, 0.2) is 0 Å². The maximum atomic E-state index is 13.3. The number of carbonyl (C=O) groups excluding carboxylic acids is 1. The summed E-state index contributed by atoms with van der Waals surface area (Å²) in [6, 6.07) is 15.6. The molecule has 2 aliphatic heterocycles. The minimum atomic E-state index is -0.0394. The number of H-pyrrole nitrogens is 1. The van der Waals surface area contributed by atoms with Crippen molar-refractivity contribution in [2.24, 2.45) is 16.7 Å². The molecular weight excluding hydrogens is 510 g/mol. The number of likely N-dealkylation sites (N-methyl/N-ethyl adjacent to an activating group) is 1. The van der Waals surface area contributed by atoms with E-state index in [0.717, 1.165) is 82.8 Å². The van der Waals surface area contributed by atoms with Gasteiger partial charge in [-0.1, -0.05) is 19.1 Å². The topological polar surface area (TPSA) is 75.6 Å². The van der Waals surface area contributed by atoms with Crippen LogP contribution in [0.5, 0.6) is 5.75 Å². The second-order valence-electron chi connectivity index (χ2n) is 13.0. The zero-order chi connectivity index (χ0) is 28.4. The molecule has 214 valence electrons. The Kier molecular flexibility index (Phi) is 6.40. The van der Waals surface area contributed by atoms with Gasteiger partial charge in [-0.25, -0.2) is 0 Å². The number of aromatic nitrogens is 1. The number of hydrogen-bond acceptors (Lipinski definition) is 5. The summed E-state index contributed by atoms with van der Waals surface area (Å²) in [5, 5.41) is 11.0. The van der Waals surface area contributed by atoms with E-state index < -0.39 is 0 Å². The maximum Gasteiger partial charge on any atom is 0.253 e. The van der Waals surface area contributed by atoms with Crippen molar-refractivity contribution in [1.82, 2.24) is 19.7 Å². The van der Waals surface area contributed by atoms with Gasteiger partial charge in [0, 0.05) is 67.0 Å². The smallest absolute Gasteiger partial charge is 0.253 e. The largest absolute Gasteiger partial charge is 0.496 e. The van der Waals surface area contributed by atoms with Crippen LogP contribution in [-0.2, 0) is 6.54 Å². The first-order valence-corrected chi connectivity index (χ1v) is 15.3. The third kappa shape index (κ3) is 4.26. The summed E-state index contributed by atoms with van der Waals surface area (Å²) in [5.41, 5.74) is 5.85.